The maximum atomic E-state index is 13.2. The third kappa shape index (κ3) is 4.06. The van der Waals surface area contributed by atoms with Gasteiger partial charge in [0, 0.05) is 51.4 Å². The zero-order valence-electron chi connectivity index (χ0n) is 18.6. The Morgan fingerprint density at radius 2 is 1.94 bits per heavy atom. The summed E-state index contributed by atoms with van der Waals surface area (Å²) in [6.45, 7) is 2.97. The van der Waals surface area contributed by atoms with Crippen molar-refractivity contribution >= 4 is 44.3 Å². The Balaban J connectivity index is 1.24. The van der Waals surface area contributed by atoms with E-state index in [0.29, 0.717) is 49.9 Å². The lowest BCUT2D eigenvalue weighted by molar-refractivity contribution is -0.136. The molecule has 3 aromatic rings. The standard InChI is InChI=1S/C23H25N5O4S/c1-31-16-5-6-19(32-2)18(13-16)28-14-15(12-20(28)29)22(30)26-8-10-27(11-9-26)23-25-17-4-3-7-24-21(17)33-23/h3-7,13,15H,8-12,14H2,1-2H3. The Kier molecular flexibility index (Phi) is 5.76. The molecule has 1 unspecified atom stereocenters. The van der Waals surface area contributed by atoms with Gasteiger partial charge in [-0.1, -0.05) is 11.3 Å². The van der Waals surface area contributed by atoms with Crippen molar-refractivity contribution in [2.75, 3.05) is 56.7 Å². The fourth-order valence-corrected chi connectivity index (χ4v) is 5.34. The van der Waals surface area contributed by atoms with Gasteiger partial charge in [-0.15, -0.1) is 0 Å². The van der Waals surface area contributed by atoms with Gasteiger partial charge in [0.2, 0.25) is 11.8 Å². The van der Waals surface area contributed by atoms with Gasteiger partial charge in [-0.25, -0.2) is 9.97 Å². The van der Waals surface area contributed by atoms with E-state index in [4.69, 9.17) is 9.47 Å². The summed E-state index contributed by atoms with van der Waals surface area (Å²) >= 11 is 1.57. The first kappa shape index (κ1) is 21.4. The van der Waals surface area contributed by atoms with Crippen LogP contribution in [0.4, 0.5) is 10.8 Å². The lowest BCUT2D eigenvalue weighted by atomic mass is 10.1. The number of pyridine rings is 1. The molecular weight excluding hydrogens is 442 g/mol. The molecule has 9 nitrogen and oxygen atoms in total. The smallest absolute Gasteiger partial charge is 0.228 e. The van der Waals surface area contributed by atoms with E-state index >= 15 is 0 Å². The van der Waals surface area contributed by atoms with Crippen LogP contribution in [0.1, 0.15) is 6.42 Å². The lowest BCUT2D eigenvalue weighted by Gasteiger charge is -2.35. The molecule has 1 aromatic carbocycles. The van der Waals surface area contributed by atoms with Gasteiger partial charge in [0.25, 0.3) is 0 Å². The summed E-state index contributed by atoms with van der Waals surface area (Å²) in [5, 5.41) is 0.933. The molecule has 5 rings (SSSR count). The van der Waals surface area contributed by atoms with E-state index in [1.54, 1.807) is 54.9 Å². The summed E-state index contributed by atoms with van der Waals surface area (Å²) < 4.78 is 10.7. The summed E-state index contributed by atoms with van der Waals surface area (Å²) in [6.07, 6.45) is 1.97. The van der Waals surface area contributed by atoms with Gasteiger partial charge >= 0.3 is 0 Å². The van der Waals surface area contributed by atoms with Crippen LogP contribution in [0.5, 0.6) is 11.5 Å². The van der Waals surface area contributed by atoms with Gasteiger partial charge in [0.15, 0.2) is 5.13 Å². The predicted octanol–water partition coefficient (Wildman–Crippen LogP) is 2.41. The van der Waals surface area contributed by atoms with Crippen LogP contribution in [0.15, 0.2) is 36.5 Å². The predicted molar refractivity (Wildman–Crippen MR) is 126 cm³/mol. The fourth-order valence-electron chi connectivity index (χ4n) is 4.38. The minimum Gasteiger partial charge on any atom is -0.497 e. The molecule has 0 spiro atoms. The fraction of sp³-hybridized carbons (Fsp3) is 0.391. The van der Waals surface area contributed by atoms with Crippen molar-refractivity contribution in [1.29, 1.82) is 0 Å². The van der Waals surface area contributed by atoms with Gasteiger partial charge in [0.05, 0.1) is 25.8 Å². The Bertz CT molecular complexity index is 1160. The molecule has 10 heteroatoms. The van der Waals surface area contributed by atoms with Gasteiger partial charge in [-0.05, 0) is 24.3 Å². The second kappa shape index (κ2) is 8.86. The highest BCUT2D eigenvalue weighted by molar-refractivity contribution is 7.21. The van der Waals surface area contributed by atoms with Gasteiger partial charge in [-0.2, -0.15) is 0 Å². The average Bonchev–Trinajstić information content (AvgIpc) is 3.47. The maximum Gasteiger partial charge on any atom is 0.228 e. The second-order valence-corrected chi connectivity index (χ2v) is 9.04. The number of nitrogens with zero attached hydrogens (tertiary/aromatic N) is 5. The Morgan fingerprint density at radius 3 is 2.67 bits per heavy atom. The molecule has 4 heterocycles. The lowest BCUT2D eigenvalue weighted by Crippen LogP contribution is -2.50. The number of ether oxygens (including phenoxy) is 2. The van der Waals surface area contributed by atoms with Crippen LogP contribution in [0.25, 0.3) is 10.3 Å². The van der Waals surface area contributed by atoms with E-state index < -0.39 is 0 Å². The van der Waals surface area contributed by atoms with Crippen molar-refractivity contribution in [2.24, 2.45) is 5.92 Å². The maximum absolute atomic E-state index is 13.2. The number of anilines is 2. The quantitative estimate of drug-likeness (QED) is 0.569. The number of rotatable bonds is 5. The molecule has 172 valence electrons. The first-order valence-electron chi connectivity index (χ1n) is 10.8. The minimum absolute atomic E-state index is 0.0262. The van der Waals surface area contributed by atoms with Crippen LogP contribution in [-0.2, 0) is 9.59 Å². The molecule has 2 saturated heterocycles. The van der Waals surface area contributed by atoms with Crippen molar-refractivity contribution in [3.63, 3.8) is 0 Å². The topological polar surface area (TPSA) is 88.1 Å². The Morgan fingerprint density at radius 1 is 1.12 bits per heavy atom. The number of aromatic nitrogens is 2. The van der Waals surface area contributed by atoms with Gasteiger partial charge in [0.1, 0.15) is 21.8 Å². The first-order chi connectivity index (χ1) is 16.1. The monoisotopic (exact) mass is 467 g/mol. The molecule has 0 aliphatic carbocycles. The molecule has 0 bridgehead atoms. The van der Waals surface area contributed by atoms with Crippen LogP contribution in [-0.4, -0.2) is 73.6 Å². The molecule has 2 aliphatic heterocycles. The molecular formula is C23H25N5O4S. The molecule has 2 aromatic heterocycles. The van der Waals surface area contributed by atoms with E-state index in [1.807, 2.05) is 17.0 Å². The summed E-state index contributed by atoms with van der Waals surface area (Å²) in [5.41, 5.74) is 1.53. The van der Waals surface area contributed by atoms with E-state index in [9.17, 15) is 9.59 Å². The van der Waals surface area contributed by atoms with Crippen molar-refractivity contribution in [2.45, 2.75) is 6.42 Å². The summed E-state index contributed by atoms with van der Waals surface area (Å²) in [7, 11) is 3.14. The van der Waals surface area contributed by atoms with E-state index in [-0.39, 0.29) is 24.2 Å². The normalized spacial score (nSPS) is 18.8. The summed E-state index contributed by atoms with van der Waals surface area (Å²) in [4.78, 5) is 41.7. The van der Waals surface area contributed by atoms with E-state index in [2.05, 4.69) is 14.9 Å². The number of fused-ring (bicyclic) bond motifs is 1. The highest BCUT2D eigenvalue weighted by Gasteiger charge is 2.39. The van der Waals surface area contributed by atoms with E-state index in [0.717, 1.165) is 15.5 Å². The number of hydrogen-bond acceptors (Lipinski definition) is 8. The third-order valence-electron chi connectivity index (χ3n) is 6.17. The number of benzene rings is 1. The molecule has 0 saturated carbocycles. The molecule has 2 fully saturated rings. The van der Waals surface area contributed by atoms with Crippen molar-refractivity contribution in [3.05, 3.63) is 36.5 Å². The average molecular weight is 468 g/mol. The zero-order valence-corrected chi connectivity index (χ0v) is 19.4. The minimum atomic E-state index is -0.369. The van der Waals surface area contributed by atoms with Crippen LogP contribution in [0.2, 0.25) is 0 Å². The molecule has 2 amide bonds. The second-order valence-electron chi connectivity index (χ2n) is 8.08. The van der Waals surface area contributed by atoms with Crippen molar-refractivity contribution < 1.29 is 19.1 Å². The van der Waals surface area contributed by atoms with Gasteiger partial charge in [-0.3, -0.25) is 9.59 Å². The van der Waals surface area contributed by atoms with Crippen molar-refractivity contribution in [3.8, 4) is 11.5 Å². The van der Waals surface area contributed by atoms with Crippen LogP contribution in [0, 0.1) is 5.92 Å². The zero-order chi connectivity index (χ0) is 22.9. The highest BCUT2D eigenvalue weighted by atomic mass is 32.1. The molecule has 0 radical (unpaired) electrons. The number of hydrogen-bond donors (Lipinski definition) is 0. The molecule has 1 atom stereocenters. The SMILES string of the molecule is COc1ccc(OC)c(N2CC(C(=O)N3CCN(c4nc5cccnc5s4)CC3)CC2=O)c1. The van der Waals surface area contributed by atoms with Crippen LogP contribution in [0.3, 0.4) is 0 Å². The Hall–Kier alpha value is -3.40. The Labute approximate surface area is 195 Å². The van der Waals surface area contributed by atoms with Gasteiger partial charge < -0.3 is 24.2 Å². The van der Waals surface area contributed by atoms with Crippen molar-refractivity contribution in [1.82, 2.24) is 14.9 Å². The number of piperazine rings is 1. The third-order valence-corrected chi connectivity index (χ3v) is 7.21. The number of amides is 2. The first-order valence-corrected chi connectivity index (χ1v) is 11.7. The molecule has 0 N–H and O–H groups in total. The van der Waals surface area contributed by atoms with Crippen LogP contribution >= 0.6 is 11.3 Å². The van der Waals surface area contributed by atoms with E-state index in [1.165, 1.54) is 0 Å². The molecule has 33 heavy (non-hydrogen) atoms. The largest absolute Gasteiger partial charge is 0.497 e. The molecule has 2 aliphatic rings. The number of carbonyl (C=O) groups is 2. The highest BCUT2D eigenvalue weighted by Crippen LogP contribution is 2.36. The number of thiazole rings is 1. The summed E-state index contributed by atoms with van der Waals surface area (Å²) in [6, 6.07) is 9.17. The number of carbonyl (C=O) groups excluding carboxylic acids is 2. The number of methoxy groups -OCH3 is 2. The summed E-state index contributed by atoms with van der Waals surface area (Å²) in [5.74, 6) is 0.788. The van der Waals surface area contributed by atoms with Crippen LogP contribution < -0.4 is 19.3 Å².